The molecule has 4 amide bonds. The fraction of sp³-hybridized carbons (Fsp3) is 0. The third-order valence-electron chi connectivity index (χ3n) is 1.60. The lowest BCUT2D eigenvalue weighted by Crippen LogP contribution is -2.31. The van der Waals surface area contributed by atoms with Gasteiger partial charge in [-0.2, -0.15) is 0 Å². The molecule has 2 rings (SSSR count). The second-order valence-electron chi connectivity index (χ2n) is 2.46. The van der Waals surface area contributed by atoms with Crippen LogP contribution in [-0.4, -0.2) is 27.8 Å². The lowest BCUT2D eigenvalue weighted by Gasteiger charge is -2.07. The van der Waals surface area contributed by atoms with Gasteiger partial charge < -0.3 is 0 Å². The summed E-state index contributed by atoms with van der Waals surface area (Å²) in [6.45, 7) is 0. The number of amides is 4. The smallest absolute Gasteiger partial charge is 0.269 e. The fourth-order valence-corrected chi connectivity index (χ4v) is 1.02. The van der Waals surface area contributed by atoms with Gasteiger partial charge in [0.2, 0.25) is 0 Å². The van der Waals surface area contributed by atoms with Gasteiger partial charge in [-0.25, -0.2) is 14.7 Å². The minimum atomic E-state index is -0.958. The average molecular weight is 192 g/mol. The van der Waals surface area contributed by atoms with Gasteiger partial charge >= 0.3 is 17.8 Å². The summed E-state index contributed by atoms with van der Waals surface area (Å²) in [7, 11) is 0. The van der Waals surface area contributed by atoms with E-state index in [1.54, 1.807) is 0 Å². The number of nitrogens with one attached hydrogen (secondary N) is 1. The summed E-state index contributed by atoms with van der Waals surface area (Å²) in [6, 6.07) is -0.805. The highest BCUT2D eigenvalue weighted by molar-refractivity contribution is 6.52. The van der Waals surface area contributed by atoms with E-state index in [0.717, 1.165) is 0 Å². The Kier molecular flexibility index (Phi) is 1.70. The number of carbonyl (C=O) groups is 3. The Hall–Kier alpha value is -2.31. The molecule has 7 heteroatoms. The molecule has 0 saturated carbocycles. The summed E-state index contributed by atoms with van der Waals surface area (Å²) in [4.78, 5) is 41.1. The second-order valence-corrected chi connectivity index (χ2v) is 2.46. The minimum Gasteiger partial charge on any atom is -0.269 e. The van der Waals surface area contributed by atoms with Gasteiger partial charge in [0.05, 0.1) is 6.20 Å². The van der Waals surface area contributed by atoms with Crippen LogP contribution < -0.4 is 10.2 Å². The van der Waals surface area contributed by atoms with Crippen LogP contribution in [0, 0.1) is 0 Å². The molecular weight excluding hydrogens is 188 g/mol. The van der Waals surface area contributed by atoms with Crippen molar-refractivity contribution in [1.29, 1.82) is 0 Å². The van der Waals surface area contributed by atoms with Crippen molar-refractivity contribution < 1.29 is 14.4 Å². The summed E-state index contributed by atoms with van der Waals surface area (Å²) in [5.41, 5.74) is 0. The van der Waals surface area contributed by atoms with E-state index in [4.69, 9.17) is 0 Å². The number of aromatic nitrogens is 2. The Morgan fingerprint density at radius 1 is 1.21 bits per heavy atom. The zero-order chi connectivity index (χ0) is 10.1. The Morgan fingerprint density at radius 2 is 2.00 bits per heavy atom. The first-order chi connectivity index (χ1) is 6.70. The van der Waals surface area contributed by atoms with Gasteiger partial charge in [0.25, 0.3) is 0 Å². The van der Waals surface area contributed by atoms with Crippen molar-refractivity contribution in [3.8, 4) is 0 Å². The third-order valence-corrected chi connectivity index (χ3v) is 1.60. The van der Waals surface area contributed by atoms with Crippen LogP contribution in [0.4, 0.5) is 10.6 Å². The number of nitrogens with zero attached hydrogens (tertiary/aromatic N) is 3. The van der Waals surface area contributed by atoms with Crippen LogP contribution in [-0.2, 0) is 9.59 Å². The van der Waals surface area contributed by atoms with Crippen molar-refractivity contribution in [3.05, 3.63) is 18.6 Å². The molecule has 1 aliphatic heterocycles. The molecule has 0 aromatic carbocycles. The molecule has 0 bridgehead atoms. The van der Waals surface area contributed by atoms with Crippen molar-refractivity contribution in [3.63, 3.8) is 0 Å². The molecule has 0 radical (unpaired) electrons. The predicted molar refractivity (Wildman–Crippen MR) is 43.1 cm³/mol. The molecule has 1 fully saturated rings. The molecule has 14 heavy (non-hydrogen) atoms. The van der Waals surface area contributed by atoms with Crippen LogP contribution in [0.5, 0.6) is 0 Å². The molecule has 1 N–H and O–H groups in total. The lowest BCUT2D eigenvalue weighted by atomic mass is 10.5. The fourth-order valence-electron chi connectivity index (χ4n) is 1.02. The highest BCUT2D eigenvalue weighted by atomic mass is 16.2. The van der Waals surface area contributed by atoms with Crippen LogP contribution in [0.3, 0.4) is 0 Å². The average Bonchev–Trinajstić information content (AvgIpc) is 2.43. The number of hydrogen-bond donors (Lipinski definition) is 1. The van der Waals surface area contributed by atoms with Crippen molar-refractivity contribution >= 4 is 23.7 Å². The van der Waals surface area contributed by atoms with Gasteiger partial charge in [0, 0.05) is 12.4 Å². The molecule has 7 nitrogen and oxygen atoms in total. The molecule has 1 aromatic heterocycles. The normalized spacial score (nSPS) is 16.0. The minimum absolute atomic E-state index is 0.0286. The first kappa shape index (κ1) is 8.30. The SMILES string of the molecule is O=C1NC(=O)N(c2cnccn2)C1=O. The number of hydrogen-bond acceptors (Lipinski definition) is 5. The van der Waals surface area contributed by atoms with Crippen molar-refractivity contribution in [2.45, 2.75) is 0 Å². The Morgan fingerprint density at radius 3 is 2.50 bits per heavy atom. The Bertz CT molecular complexity index is 416. The molecule has 0 aliphatic carbocycles. The summed E-state index contributed by atoms with van der Waals surface area (Å²) in [6.07, 6.45) is 3.93. The van der Waals surface area contributed by atoms with Crippen LogP contribution in [0.1, 0.15) is 0 Å². The molecule has 0 atom stereocenters. The first-order valence-corrected chi connectivity index (χ1v) is 3.65. The van der Waals surface area contributed by atoms with Gasteiger partial charge in [0.15, 0.2) is 5.82 Å². The van der Waals surface area contributed by atoms with Gasteiger partial charge in [0.1, 0.15) is 0 Å². The molecule has 0 spiro atoms. The van der Waals surface area contributed by atoms with Crippen LogP contribution in [0.2, 0.25) is 0 Å². The van der Waals surface area contributed by atoms with Crippen molar-refractivity contribution in [1.82, 2.24) is 15.3 Å². The van der Waals surface area contributed by atoms with Gasteiger partial charge in [-0.3, -0.25) is 19.9 Å². The number of urea groups is 1. The highest BCUT2D eigenvalue weighted by Gasteiger charge is 2.38. The van der Waals surface area contributed by atoms with Gasteiger partial charge in [-0.15, -0.1) is 0 Å². The van der Waals surface area contributed by atoms with Crippen molar-refractivity contribution in [2.24, 2.45) is 0 Å². The molecule has 2 heterocycles. The number of imide groups is 2. The van der Waals surface area contributed by atoms with E-state index >= 15 is 0 Å². The maximum atomic E-state index is 11.1. The molecule has 0 unspecified atom stereocenters. The summed E-state index contributed by atoms with van der Waals surface area (Å²) in [5.74, 6) is -1.88. The van der Waals surface area contributed by atoms with Crippen LogP contribution in [0.25, 0.3) is 0 Å². The number of anilines is 1. The van der Waals surface area contributed by atoms with E-state index < -0.39 is 17.8 Å². The van der Waals surface area contributed by atoms with E-state index in [0.29, 0.717) is 4.90 Å². The maximum absolute atomic E-state index is 11.1. The highest BCUT2D eigenvalue weighted by Crippen LogP contribution is 2.11. The van der Waals surface area contributed by atoms with Crippen LogP contribution in [0.15, 0.2) is 18.6 Å². The topological polar surface area (TPSA) is 92.3 Å². The van der Waals surface area contributed by atoms with E-state index in [9.17, 15) is 14.4 Å². The monoisotopic (exact) mass is 192 g/mol. The first-order valence-electron chi connectivity index (χ1n) is 3.65. The number of rotatable bonds is 1. The van der Waals surface area contributed by atoms with E-state index in [2.05, 4.69) is 9.97 Å². The van der Waals surface area contributed by atoms with Gasteiger partial charge in [-0.05, 0) is 0 Å². The van der Waals surface area contributed by atoms with E-state index in [1.807, 2.05) is 5.32 Å². The van der Waals surface area contributed by atoms with E-state index in [1.165, 1.54) is 18.6 Å². The third kappa shape index (κ3) is 1.11. The molecule has 1 aliphatic rings. The quantitative estimate of drug-likeness (QED) is 0.458. The lowest BCUT2D eigenvalue weighted by molar-refractivity contribution is -0.134. The van der Waals surface area contributed by atoms with Crippen LogP contribution >= 0.6 is 0 Å². The molecule has 70 valence electrons. The summed E-state index contributed by atoms with van der Waals surface area (Å²) >= 11 is 0. The summed E-state index contributed by atoms with van der Waals surface area (Å²) in [5, 5.41) is 1.85. The molecular formula is C7H4N4O3. The summed E-state index contributed by atoms with van der Waals surface area (Å²) < 4.78 is 0. The maximum Gasteiger partial charge on any atom is 0.337 e. The predicted octanol–water partition coefficient (Wildman–Crippen LogP) is -0.941. The van der Waals surface area contributed by atoms with Crippen molar-refractivity contribution in [2.75, 3.05) is 4.90 Å². The zero-order valence-electron chi connectivity index (χ0n) is 6.80. The number of carbonyl (C=O) groups excluding carboxylic acids is 3. The largest absolute Gasteiger partial charge is 0.337 e. The van der Waals surface area contributed by atoms with E-state index in [-0.39, 0.29) is 5.82 Å². The Balaban J connectivity index is 2.41. The zero-order valence-corrected chi connectivity index (χ0v) is 6.80. The standard InChI is InChI=1S/C7H4N4O3/c12-5-6(13)11(7(14)10-5)4-3-8-1-2-9-4/h1-3H,(H,10,12,14). The van der Waals surface area contributed by atoms with Gasteiger partial charge in [-0.1, -0.05) is 0 Å². The second kappa shape index (κ2) is 2.87. The molecule has 1 aromatic rings. The Labute approximate surface area is 77.8 Å². The molecule has 1 saturated heterocycles.